The fourth-order valence-corrected chi connectivity index (χ4v) is 2.76. The Labute approximate surface area is 150 Å². The predicted molar refractivity (Wildman–Crippen MR) is 98.5 cm³/mol. The largest absolute Gasteiger partial charge is 0.314 e. The number of nitrogens with zero attached hydrogens (tertiary/aromatic N) is 1. The van der Waals surface area contributed by atoms with Crippen molar-refractivity contribution in [3.8, 4) is 0 Å². The number of benzene rings is 2. The summed E-state index contributed by atoms with van der Waals surface area (Å²) >= 11 is 3.42. The molecule has 0 fully saturated rings. The summed E-state index contributed by atoms with van der Waals surface area (Å²) in [4.78, 5) is 17.8. The molecule has 3 nitrogen and oxygen atoms in total. The first-order chi connectivity index (χ1) is 11.7. The summed E-state index contributed by atoms with van der Waals surface area (Å²) < 4.78 is 1.01. The minimum absolute atomic E-state index is 0.0589. The average Bonchev–Trinajstić information content (AvgIpc) is 2.63. The van der Waals surface area contributed by atoms with E-state index in [9.17, 15) is 4.79 Å². The third-order valence-electron chi connectivity index (χ3n) is 3.74. The molecule has 0 bridgehead atoms. The third kappa shape index (κ3) is 4.30. The van der Waals surface area contributed by atoms with Gasteiger partial charge in [0.2, 0.25) is 0 Å². The first-order valence-electron chi connectivity index (χ1n) is 7.78. The molecule has 0 aliphatic carbocycles. The SMILES string of the molecule is O=C(Cc1ccc(Br)cc1)N(Cc1ccccc1)c1cccc[nH+]1. The molecular weight excluding hydrogens is 364 g/mol. The smallest absolute Gasteiger partial charge is 0.247 e. The van der Waals surface area contributed by atoms with Gasteiger partial charge < -0.3 is 0 Å². The molecule has 24 heavy (non-hydrogen) atoms. The van der Waals surface area contributed by atoms with Gasteiger partial charge in [-0.1, -0.05) is 64.5 Å². The monoisotopic (exact) mass is 381 g/mol. The number of pyridine rings is 1. The van der Waals surface area contributed by atoms with E-state index in [1.807, 2.05) is 79.0 Å². The molecule has 1 aromatic heterocycles. The van der Waals surface area contributed by atoms with Gasteiger partial charge in [0.1, 0.15) is 6.54 Å². The van der Waals surface area contributed by atoms with Gasteiger partial charge in [-0.05, 0) is 29.3 Å². The van der Waals surface area contributed by atoms with E-state index < -0.39 is 0 Å². The van der Waals surface area contributed by atoms with Crippen LogP contribution in [0.1, 0.15) is 11.1 Å². The summed E-state index contributed by atoms with van der Waals surface area (Å²) in [5.74, 6) is 0.854. The molecule has 0 saturated heterocycles. The summed E-state index contributed by atoms with van der Waals surface area (Å²) in [5.41, 5.74) is 2.09. The molecular formula is C20H18BrN2O+. The van der Waals surface area contributed by atoms with E-state index in [2.05, 4.69) is 20.9 Å². The molecule has 1 heterocycles. The lowest BCUT2D eigenvalue weighted by molar-refractivity contribution is -0.363. The van der Waals surface area contributed by atoms with Crippen molar-refractivity contribution in [2.75, 3.05) is 4.90 Å². The van der Waals surface area contributed by atoms with Crippen molar-refractivity contribution in [3.05, 3.63) is 94.6 Å². The molecule has 0 saturated carbocycles. The molecule has 0 unspecified atom stereocenters. The van der Waals surface area contributed by atoms with Crippen molar-refractivity contribution in [1.29, 1.82) is 0 Å². The first kappa shape index (κ1) is 16.4. The average molecular weight is 382 g/mol. The van der Waals surface area contributed by atoms with Crippen molar-refractivity contribution >= 4 is 27.7 Å². The lowest BCUT2D eigenvalue weighted by atomic mass is 10.1. The normalized spacial score (nSPS) is 10.4. The Hall–Kier alpha value is -2.46. The van der Waals surface area contributed by atoms with Gasteiger partial charge in [0.05, 0.1) is 12.6 Å². The summed E-state index contributed by atoms with van der Waals surface area (Å²) in [5, 5.41) is 0. The van der Waals surface area contributed by atoms with Crippen LogP contribution >= 0.6 is 15.9 Å². The molecule has 3 aromatic rings. The second kappa shape index (κ2) is 7.88. The van der Waals surface area contributed by atoms with E-state index in [1.165, 1.54) is 0 Å². The number of hydrogen-bond donors (Lipinski definition) is 0. The van der Waals surface area contributed by atoms with Crippen LogP contribution in [0.15, 0.2) is 83.5 Å². The number of aromatic amines is 1. The number of amides is 1. The van der Waals surface area contributed by atoms with Crippen molar-refractivity contribution in [2.24, 2.45) is 0 Å². The molecule has 120 valence electrons. The second-order valence-corrected chi connectivity index (χ2v) is 6.43. The van der Waals surface area contributed by atoms with Crippen molar-refractivity contribution < 1.29 is 9.78 Å². The quantitative estimate of drug-likeness (QED) is 0.656. The molecule has 0 atom stereocenters. The third-order valence-corrected chi connectivity index (χ3v) is 4.27. The molecule has 2 aromatic carbocycles. The highest BCUT2D eigenvalue weighted by atomic mass is 79.9. The molecule has 4 heteroatoms. The highest BCUT2D eigenvalue weighted by Crippen LogP contribution is 2.16. The zero-order valence-corrected chi connectivity index (χ0v) is 14.7. The summed E-state index contributed by atoms with van der Waals surface area (Å²) in [6.45, 7) is 0.538. The van der Waals surface area contributed by atoms with Crippen LogP contribution in [-0.4, -0.2) is 5.91 Å². The van der Waals surface area contributed by atoms with E-state index in [0.717, 1.165) is 21.4 Å². The van der Waals surface area contributed by atoms with Gasteiger partial charge in [0.15, 0.2) is 0 Å². The lowest BCUT2D eigenvalue weighted by Gasteiger charge is -2.15. The number of anilines is 1. The Morgan fingerprint density at radius 1 is 0.875 bits per heavy atom. The van der Waals surface area contributed by atoms with Crippen molar-refractivity contribution in [2.45, 2.75) is 13.0 Å². The first-order valence-corrected chi connectivity index (χ1v) is 8.57. The van der Waals surface area contributed by atoms with Gasteiger partial charge in [-0.15, -0.1) is 0 Å². The van der Waals surface area contributed by atoms with Gasteiger partial charge in [0, 0.05) is 10.5 Å². The molecule has 0 spiro atoms. The Bertz CT molecular complexity index is 789. The van der Waals surface area contributed by atoms with Gasteiger partial charge in [-0.3, -0.25) is 0 Å². The van der Waals surface area contributed by atoms with Crippen LogP contribution in [0.2, 0.25) is 0 Å². The minimum atomic E-state index is 0.0589. The number of aromatic nitrogens is 1. The number of nitrogens with one attached hydrogen (secondary N) is 1. The van der Waals surface area contributed by atoms with Crippen LogP contribution in [-0.2, 0) is 17.8 Å². The highest BCUT2D eigenvalue weighted by Gasteiger charge is 2.24. The number of H-pyrrole nitrogens is 1. The van der Waals surface area contributed by atoms with Crippen LogP contribution in [0.3, 0.4) is 0 Å². The number of carbonyl (C=O) groups is 1. The van der Waals surface area contributed by atoms with Crippen LogP contribution in [0.5, 0.6) is 0 Å². The fraction of sp³-hybridized carbons (Fsp3) is 0.100. The van der Waals surface area contributed by atoms with Crippen LogP contribution in [0.4, 0.5) is 5.82 Å². The van der Waals surface area contributed by atoms with E-state index in [4.69, 9.17) is 0 Å². The van der Waals surface area contributed by atoms with E-state index in [1.54, 1.807) is 4.90 Å². The molecule has 1 amide bonds. The number of rotatable bonds is 5. The minimum Gasteiger partial charge on any atom is -0.247 e. The Morgan fingerprint density at radius 3 is 2.25 bits per heavy atom. The van der Waals surface area contributed by atoms with Crippen LogP contribution in [0.25, 0.3) is 0 Å². The second-order valence-electron chi connectivity index (χ2n) is 5.52. The lowest BCUT2D eigenvalue weighted by Crippen LogP contribution is -2.35. The summed E-state index contributed by atoms with van der Waals surface area (Å²) in [7, 11) is 0. The number of carbonyl (C=O) groups excluding carboxylic acids is 1. The standard InChI is InChI=1S/C20H17BrN2O/c21-18-11-9-16(10-12-18)14-20(24)23(19-8-4-5-13-22-19)15-17-6-2-1-3-7-17/h1-13H,14-15H2/p+1. The zero-order valence-electron chi connectivity index (χ0n) is 13.2. The summed E-state index contributed by atoms with van der Waals surface area (Å²) in [6.07, 6.45) is 2.20. The van der Waals surface area contributed by atoms with E-state index in [-0.39, 0.29) is 5.91 Å². The molecule has 0 radical (unpaired) electrons. The maximum Gasteiger partial charge on any atom is 0.314 e. The number of hydrogen-bond acceptors (Lipinski definition) is 1. The molecule has 1 N–H and O–H groups in total. The molecule has 0 aliphatic rings. The number of halogens is 1. The fourth-order valence-electron chi connectivity index (χ4n) is 2.50. The Morgan fingerprint density at radius 2 is 1.58 bits per heavy atom. The van der Waals surface area contributed by atoms with Crippen molar-refractivity contribution in [1.82, 2.24) is 0 Å². The Kier molecular flexibility index (Phi) is 5.39. The topological polar surface area (TPSA) is 34.5 Å². The van der Waals surface area contributed by atoms with Crippen LogP contribution in [0, 0.1) is 0 Å². The molecule has 3 rings (SSSR count). The van der Waals surface area contributed by atoms with E-state index in [0.29, 0.717) is 13.0 Å². The van der Waals surface area contributed by atoms with Gasteiger partial charge in [0.25, 0.3) is 5.82 Å². The Balaban J connectivity index is 1.83. The summed E-state index contributed by atoms with van der Waals surface area (Å²) in [6, 6.07) is 23.6. The van der Waals surface area contributed by atoms with Crippen LogP contribution < -0.4 is 9.88 Å². The van der Waals surface area contributed by atoms with Gasteiger partial charge >= 0.3 is 5.91 Å². The molecule has 0 aliphatic heterocycles. The van der Waals surface area contributed by atoms with E-state index >= 15 is 0 Å². The van der Waals surface area contributed by atoms with Gasteiger partial charge in [-0.25, -0.2) is 9.78 Å². The predicted octanol–water partition coefficient (Wildman–Crippen LogP) is 4.04. The van der Waals surface area contributed by atoms with Crippen molar-refractivity contribution in [3.63, 3.8) is 0 Å². The maximum atomic E-state index is 12.9. The highest BCUT2D eigenvalue weighted by molar-refractivity contribution is 9.10. The zero-order chi connectivity index (χ0) is 16.8. The van der Waals surface area contributed by atoms with Gasteiger partial charge in [-0.2, -0.15) is 4.90 Å². The maximum absolute atomic E-state index is 12.9.